The summed E-state index contributed by atoms with van der Waals surface area (Å²) in [6.07, 6.45) is 0. The highest BCUT2D eigenvalue weighted by Gasteiger charge is 2.07. The van der Waals surface area contributed by atoms with Crippen LogP contribution in [0.3, 0.4) is 0 Å². The lowest BCUT2D eigenvalue weighted by Gasteiger charge is -2.10. The van der Waals surface area contributed by atoms with Crippen molar-refractivity contribution >= 4 is 11.6 Å². The Morgan fingerprint density at radius 3 is 2.57 bits per heavy atom. The Kier molecular flexibility index (Phi) is 3.48. The van der Waals surface area contributed by atoms with Crippen molar-refractivity contribution in [1.82, 2.24) is 5.32 Å². The zero-order valence-corrected chi connectivity index (χ0v) is 8.03. The summed E-state index contributed by atoms with van der Waals surface area (Å²) in [5.41, 5.74) is 6.65. The van der Waals surface area contributed by atoms with Crippen molar-refractivity contribution in [2.75, 3.05) is 12.3 Å². The molecule has 1 amide bonds. The van der Waals surface area contributed by atoms with Gasteiger partial charge in [-0.1, -0.05) is 0 Å². The van der Waals surface area contributed by atoms with E-state index in [-0.39, 0.29) is 18.6 Å². The number of hydrogen-bond acceptors (Lipinski definition) is 3. The Balaban J connectivity index is 2.65. The van der Waals surface area contributed by atoms with E-state index in [2.05, 4.69) is 5.32 Å². The summed E-state index contributed by atoms with van der Waals surface area (Å²) in [6, 6.07) is 6.39. The monoisotopic (exact) mass is 194 g/mol. The maximum absolute atomic E-state index is 11.5. The summed E-state index contributed by atoms with van der Waals surface area (Å²) >= 11 is 0. The number of benzene rings is 1. The van der Waals surface area contributed by atoms with E-state index in [9.17, 15) is 4.79 Å². The number of aliphatic hydroxyl groups is 1. The molecule has 0 bridgehead atoms. The Labute approximate surface area is 82.7 Å². The van der Waals surface area contributed by atoms with Gasteiger partial charge in [0, 0.05) is 17.3 Å². The highest BCUT2D eigenvalue weighted by Crippen LogP contribution is 2.05. The lowest BCUT2D eigenvalue weighted by Crippen LogP contribution is -2.34. The van der Waals surface area contributed by atoms with Gasteiger partial charge in [-0.3, -0.25) is 4.79 Å². The van der Waals surface area contributed by atoms with Crippen molar-refractivity contribution in [2.45, 2.75) is 13.0 Å². The Morgan fingerprint density at radius 2 is 2.07 bits per heavy atom. The molecular formula is C10H14N2O2. The number of hydrogen-bond donors (Lipinski definition) is 3. The summed E-state index contributed by atoms with van der Waals surface area (Å²) in [5.74, 6) is -0.202. The highest BCUT2D eigenvalue weighted by molar-refractivity contribution is 5.94. The molecule has 1 rings (SSSR count). The van der Waals surface area contributed by atoms with E-state index in [1.165, 1.54) is 0 Å². The largest absolute Gasteiger partial charge is 0.399 e. The van der Waals surface area contributed by atoms with Gasteiger partial charge in [0.25, 0.3) is 5.91 Å². The maximum Gasteiger partial charge on any atom is 0.251 e. The predicted octanol–water partition coefficient (Wildman–Crippen LogP) is 0.379. The van der Waals surface area contributed by atoms with E-state index in [0.29, 0.717) is 11.3 Å². The second-order valence-electron chi connectivity index (χ2n) is 3.18. The number of nitrogens with two attached hydrogens (primary N) is 1. The van der Waals surface area contributed by atoms with Gasteiger partial charge in [0.2, 0.25) is 0 Å². The van der Waals surface area contributed by atoms with E-state index in [1.54, 1.807) is 31.2 Å². The minimum Gasteiger partial charge on any atom is -0.399 e. The molecular weight excluding hydrogens is 180 g/mol. The third kappa shape index (κ3) is 2.74. The minimum atomic E-state index is -0.236. The smallest absolute Gasteiger partial charge is 0.251 e. The Hall–Kier alpha value is -1.55. The van der Waals surface area contributed by atoms with E-state index in [0.717, 1.165) is 0 Å². The summed E-state index contributed by atoms with van der Waals surface area (Å²) in [7, 11) is 0. The first kappa shape index (κ1) is 10.5. The number of carbonyl (C=O) groups excluding carboxylic acids is 1. The minimum absolute atomic E-state index is 0.0687. The normalized spacial score (nSPS) is 12.1. The van der Waals surface area contributed by atoms with Crippen LogP contribution in [0.1, 0.15) is 17.3 Å². The van der Waals surface area contributed by atoms with Crippen LogP contribution >= 0.6 is 0 Å². The quantitative estimate of drug-likeness (QED) is 0.609. The molecule has 0 saturated heterocycles. The maximum atomic E-state index is 11.5. The van der Waals surface area contributed by atoms with Crippen molar-refractivity contribution < 1.29 is 9.90 Å². The van der Waals surface area contributed by atoms with Crippen molar-refractivity contribution in [3.05, 3.63) is 29.8 Å². The standard InChI is InChI=1S/C10H14N2O2/c1-7(6-13)12-10(14)8-2-4-9(11)5-3-8/h2-5,7,13H,6,11H2,1H3,(H,12,14)/t7-/m0/s1. The molecule has 0 heterocycles. The van der Waals surface area contributed by atoms with Crippen LogP contribution in [0.2, 0.25) is 0 Å². The van der Waals surface area contributed by atoms with Gasteiger partial charge in [-0.05, 0) is 31.2 Å². The van der Waals surface area contributed by atoms with E-state index < -0.39 is 0 Å². The third-order valence-electron chi connectivity index (χ3n) is 1.82. The lowest BCUT2D eigenvalue weighted by atomic mass is 10.2. The van der Waals surface area contributed by atoms with Gasteiger partial charge in [-0.15, -0.1) is 0 Å². The summed E-state index contributed by atoms with van der Waals surface area (Å²) in [5, 5.41) is 11.4. The van der Waals surface area contributed by atoms with Crippen LogP contribution in [0, 0.1) is 0 Å². The second kappa shape index (κ2) is 4.62. The topological polar surface area (TPSA) is 75.3 Å². The number of rotatable bonds is 3. The zero-order valence-electron chi connectivity index (χ0n) is 8.03. The molecule has 76 valence electrons. The van der Waals surface area contributed by atoms with Crippen LogP contribution in [0.25, 0.3) is 0 Å². The first-order valence-electron chi connectivity index (χ1n) is 4.40. The fourth-order valence-corrected chi connectivity index (χ4v) is 0.987. The average Bonchev–Trinajstić information content (AvgIpc) is 2.18. The number of nitrogens with one attached hydrogen (secondary N) is 1. The van der Waals surface area contributed by atoms with Crippen LogP contribution in [-0.4, -0.2) is 23.7 Å². The molecule has 0 saturated carbocycles. The molecule has 0 spiro atoms. The molecule has 0 aliphatic carbocycles. The summed E-state index contributed by atoms with van der Waals surface area (Å²) in [6.45, 7) is 1.66. The third-order valence-corrected chi connectivity index (χ3v) is 1.82. The molecule has 0 unspecified atom stereocenters. The van der Waals surface area contributed by atoms with Crippen molar-refractivity contribution in [1.29, 1.82) is 0 Å². The number of anilines is 1. The highest BCUT2D eigenvalue weighted by atomic mass is 16.3. The molecule has 1 aromatic rings. The van der Waals surface area contributed by atoms with Gasteiger partial charge >= 0.3 is 0 Å². The molecule has 4 nitrogen and oxygen atoms in total. The number of nitrogen functional groups attached to an aromatic ring is 1. The molecule has 0 radical (unpaired) electrons. The lowest BCUT2D eigenvalue weighted by molar-refractivity contribution is 0.0922. The molecule has 4 N–H and O–H groups in total. The SMILES string of the molecule is C[C@@H](CO)NC(=O)c1ccc(N)cc1. The Bertz CT molecular complexity index is 308. The van der Waals surface area contributed by atoms with Gasteiger partial charge in [-0.25, -0.2) is 0 Å². The summed E-state index contributed by atoms with van der Waals surface area (Å²) in [4.78, 5) is 11.5. The van der Waals surface area contributed by atoms with Gasteiger partial charge in [0.1, 0.15) is 0 Å². The molecule has 14 heavy (non-hydrogen) atoms. The first-order chi connectivity index (χ1) is 6.63. The van der Waals surface area contributed by atoms with Gasteiger partial charge in [0.15, 0.2) is 0 Å². The van der Waals surface area contributed by atoms with E-state index in [4.69, 9.17) is 10.8 Å². The van der Waals surface area contributed by atoms with E-state index in [1.807, 2.05) is 0 Å². The van der Waals surface area contributed by atoms with Gasteiger partial charge in [-0.2, -0.15) is 0 Å². The van der Waals surface area contributed by atoms with Crippen LogP contribution in [0.4, 0.5) is 5.69 Å². The molecule has 0 aliphatic heterocycles. The molecule has 0 fully saturated rings. The molecule has 0 aliphatic rings. The summed E-state index contributed by atoms with van der Waals surface area (Å²) < 4.78 is 0. The van der Waals surface area contributed by atoms with E-state index >= 15 is 0 Å². The van der Waals surface area contributed by atoms with Crippen LogP contribution in [0.15, 0.2) is 24.3 Å². The molecule has 1 atom stereocenters. The van der Waals surface area contributed by atoms with Crippen LogP contribution in [0.5, 0.6) is 0 Å². The zero-order chi connectivity index (χ0) is 10.6. The van der Waals surface area contributed by atoms with Crippen molar-refractivity contribution in [3.8, 4) is 0 Å². The number of amides is 1. The van der Waals surface area contributed by atoms with Crippen LogP contribution in [-0.2, 0) is 0 Å². The van der Waals surface area contributed by atoms with Crippen molar-refractivity contribution in [2.24, 2.45) is 0 Å². The molecule has 0 aromatic heterocycles. The number of carbonyl (C=O) groups is 1. The fraction of sp³-hybridized carbons (Fsp3) is 0.300. The molecule has 4 heteroatoms. The van der Waals surface area contributed by atoms with Crippen molar-refractivity contribution in [3.63, 3.8) is 0 Å². The average molecular weight is 194 g/mol. The first-order valence-corrected chi connectivity index (χ1v) is 4.40. The fourth-order valence-electron chi connectivity index (χ4n) is 0.987. The Morgan fingerprint density at radius 1 is 1.50 bits per heavy atom. The van der Waals surface area contributed by atoms with Gasteiger partial charge < -0.3 is 16.2 Å². The van der Waals surface area contributed by atoms with Crippen LogP contribution < -0.4 is 11.1 Å². The number of aliphatic hydroxyl groups excluding tert-OH is 1. The molecule has 1 aromatic carbocycles. The second-order valence-corrected chi connectivity index (χ2v) is 3.18. The predicted molar refractivity (Wildman–Crippen MR) is 54.9 cm³/mol. The van der Waals surface area contributed by atoms with Gasteiger partial charge in [0.05, 0.1) is 6.61 Å².